The Morgan fingerprint density at radius 3 is 3.05 bits per heavy atom. The fourth-order valence-corrected chi connectivity index (χ4v) is 3.84. The van der Waals surface area contributed by atoms with Gasteiger partial charge in [0.2, 0.25) is 0 Å². The number of hydrogen-bond acceptors (Lipinski definition) is 5. The third-order valence-corrected chi connectivity index (χ3v) is 5.14. The molecule has 0 saturated heterocycles. The van der Waals surface area contributed by atoms with Gasteiger partial charge in [0, 0.05) is 35.7 Å². The van der Waals surface area contributed by atoms with Gasteiger partial charge in [0.15, 0.2) is 0 Å². The standard InChI is InChI=1S/C16H22N2OS2/c1-13-16(21-12-18-13)6-9-20-15-5-3-4-14(10-15)11-17-7-8-19-2/h3-5,10,12,17H,6-9,11H2,1-2H3. The van der Waals surface area contributed by atoms with Crippen LogP contribution in [0, 0.1) is 6.92 Å². The first-order valence-electron chi connectivity index (χ1n) is 7.10. The number of benzene rings is 1. The molecule has 114 valence electrons. The highest BCUT2D eigenvalue weighted by Gasteiger charge is 2.02. The van der Waals surface area contributed by atoms with Crippen molar-refractivity contribution in [3.05, 3.63) is 45.9 Å². The molecular formula is C16H22N2OS2. The van der Waals surface area contributed by atoms with Crippen molar-refractivity contribution in [2.45, 2.75) is 24.8 Å². The van der Waals surface area contributed by atoms with Crippen LogP contribution in [0.5, 0.6) is 0 Å². The van der Waals surface area contributed by atoms with Crippen LogP contribution in [-0.2, 0) is 17.7 Å². The maximum Gasteiger partial charge on any atom is 0.0797 e. The lowest BCUT2D eigenvalue weighted by atomic mass is 10.2. The van der Waals surface area contributed by atoms with Crippen LogP contribution in [0.2, 0.25) is 0 Å². The van der Waals surface area contributed by atoms with Crippen molar-refractivity contribution in [2.24, 2.45) is 0 Å². The second-order valence-electron chi connectivity index (χ2n) is 4.78. The van der Waals surface area contributed by atoms with Crippen molar-refractivity contribution in [3.63, 3.8) is 0 Å². The van der Waals surface area contributed by atoms with E-state index in [-0.39, 0.29) is 0 Å². The Kier molecular flexibility index (Phi) is 7.23. The molecule has 1 aromatic heterocycles. The number of nitrogens with zero attached hydrogens (tertiary/aromatic N) is 1. The fraction of sp³-hybridized carbons (Fsp3) is 0.438. The number of thiazole rings is 1. The van der Waals surface area contributed by atoms with E-state index in [1.54, 1.807) is 18.4 Å². The smallest absolute Gasteiger partial charge is 0.0797 e. The summed E-state index contributed by atoms with van der Waals surface area (Å²) in [6, 6.07) is 8.75. The molecule has 21 heavy (non-hydrogen) atoms. The molecule has 0 atom stereocenters. The summed E-state index contributed by atoms with van der Waals surface area (Å²) < 4.78 is 5.03. The van der Waals surface area contributed by atoms with Crippen molar-refractivity contribution in [1.82, 2.24) is 10.3 Å². The zero-order chi connectivity index (χ0) is 14.9. The largest absolute Gasteiger partial charge is 0.383 e. The number of rotatable bonds is 9. The maximum atomic E-state index is 5.03. The molecule has 0 unspecified atom stereocenters. The molecule has 0 aliphatic rings. The van der Waals surface area contributed by atoms with E-state index in [0.29, 0.717) is 0 Å². The maximum absolute atomic E-state index is 5.03. The van der Waals surface area contributed by atoms with Crippen LogP contribution in [0.1, 0.15) is 16.1 Å². The SMILES string of the molecule is COCCNCc1cccc(SCCc2scnc2C)c1. The van der Waals surface area contributed by atoms with Crippen LogP contribution >= 0.6 is 23.1 Å². The summed E-state index contributed by atoms with van der Waals surface area (Å²) in [4.78, 5) is 7.03. The molecule has 5 heteroatoms. The molecule has 0 saturated carbocycles. The molecule has 0 radical (unpaired) electrons. The Morgan fingerprint density at radius 1 is 1.38 bits per heavy atom. The van der Waals surface area contributed by atoms with Crippen LogP contribution in [0.15, 0.2) is 34.7 Å². The molecule has 1 heterocycles. The topological polar surface area (TPSA) is 34.1 Å². The van der Waals surface area contributed by atoms with Crippen molar-refractivity contribution < 1.29 is 4.74 Å². The van der Waals surface area contributed by atoms with Crippen LogP contribution in [-0.4, -0.2) is 31.0 Å². The summed E-state index contributed by atoms with van der Waals surface area (Å²) in [5.41, 5.74) is 4.43. The summed E-state index contributed by atoms with van der Waals surface area (Å²) in [6.07, 6.45) is 1.09. The second kappa shape index (κ2) is 9.20. The molecule has 0 aliphatic heterocycles. The minimum absolute atomic E-state index is 0.753. The van der Waals surface area contributed by atoms with E-state index in [9.17, 15) is 0 Å². The van der Waals surface area contributed by atoms with E-state index in [1.807, 2.05) is 17.3 Å². The van der Waals surface area contributed by atoms with Gasteiger partial charge in [0.25, 0.3) is 0 Å². The van der Waals surface area contributed by atoms with Crippen molar-refractivity contribution in [3.8, 4) is 0 Å². The molecule has 0 spiro atoms. The average molecular weight is 322 g/mol. The highest BCUT2D eigenvalue weighted by atomic mass is 32.2. The quantitative estimate of drug-likeness (QED) is 0.566. The lowest BCUT2D eigenvalue weighted by molar-refractivity contribution is 0.199. The van der Waals surface area contributed by atoms with Gasteiger partial charge in [-0.2, -0.15) is 0 Å². The Labute approximate surface area is 135 Å². The van der Waals surface area contributed by atoms with Gasteiger partial charge in [-0.3, -0.25) is 0 Å². The van der Waals surface area contributed by atoms with Gasteiger partial charge in [0.1, 0.15) is 0 Å². The van der Waals surface area contributed by atoms with E-state index < -0.39 is 0 Å². The molecule has 0 fully saturated rings. The lowest BCUT2D eigenvalue weighted by Crippen LogP contribution is -2.18. The van der Waals surface area contributed by atoms with Crippen molar-refractivity contribution in [1.29, 1.82) is 0 Å². The third kappa shape index (κ3) is 5.79. The van der Waals surface area contributed by atoms with E-state index in [1.165, 1.54) is 21.0 Å². The number of ether oxygens (including phenoxy) is 1. The van der Waals surface area contributed by atoms with Gasteiger partial charge < -0.3 is 10.1 Å². The Hall–Kier alpha value is -0.880. The third-order valence-electron chi connectivity index (χ3n) is 3.15. The predicted octanol–water partition coefficient (Wildman–Crippen LogP) is 3.52. The van der Waals surface area contributed by atoms with E-state index >= 15 is 0 Å². The number of aryl methyl sites for hydroxylation is 2. The first kappa shape index (κ1) is 16.5. The normalized spacial score (nSPS) is 11.0. The summed E-state index contributed by atoms with van der Waals surface area (Å²) >= 11 is 3.67. The van der Waals surface area contributed by atoms with Crippen molar-refractivity contribution in [2.75, 3.05) is 26.0 Å². The van der Waals surface area contributed by atoms with Crippen LogP contribution in [0.4, 0.5) is 0 Å². The predicted molar refractivity (Wildman–Crippen MR) is 91.3 cm³/mol. The van der Waals surface area contributed by atoms with Gasteiger partial charge in [-0.25, -0.2) is 4.98 Å². The molecule has 0 bridgehead atoms. The molecule has 2 rings (SSSR count). The summed E-state index contributed by atoms with van der Waals surface area (Å²) in [6.45, 7) is 4.62. The number of nitrogens with one attached hydrogen (secondary N) is 1. The molecule has 1 N–H and O–H groups in total. The Bertz CT molecular complexity index is 543. The van der Waals surface area contributed by atoms with Crippen LogP contribution < -0.4 is 5.32 Å². The highest BCUT2D eigenvalue weighted by molar-refractivity contribution is 7.99. The van der Waals surface area contributed by atoms with E-state index in [0.717, 1.165) is 31.9 Å². The first-order chi connectivity index (χ1) is 10.3. The summed E-state index contributed by atoms with van der Waals surface area (Å²) in [7, 11) is 1.73. The highest BCUT2D eigenvalue weighted by Crippen LogP contribution is 2.22. The number of hydrogen-bond donors (Lipinski definition) is 1. The van der Waals surface area contributed by atoms with Crippen molar-refractivity contribution >= 4 is 23.1 Å². The zero-order valence-electron chi connectivity index (χ0n) is 12.6. The Morgan fingerprint density at radius 2 is 2.29 bits per heavy atom. The average Bonchev–Trinajstić information content (AvgIpc) is 2.90. The summed E-state index contributed by atoms with van der Waals surface area (Å²) in [5, 5.41) is 3.37. The zero-order valence-corrected chi connectivity index (χ0v) is 14.2. The van der Waals surface area contributed by atoms with Gasteiger partial charge in [-0.05, 0) is 31.0 Å². The monoisotopic (exact) mass is 322 g/mol. The van der Waals surface area contributed by atoms with Crippen LogP contribution in [0.25, 0.3) is 0 Å². The minimum atomic E-state index is 0.753. The molecule has 0 aliphatic carbocycles. The Balaban J connectivity index is 1.76. The minimum Gasteiger partial charge on any atom is -0.383 e. The van der Waals surface area contributed by atoms with E-state index in [4.69, 9.17) is 4.74 Å². The number of aromatic nitrogens is 1. The van der Waals surface area contributed by atoms with Gasteiger partial charge in [-0.15, -0.1) is 23.1 Å². The number of thioether (sulfide) groups is 1. The summed E-state index contributed by atoms with van der Waals surface area (Å²) in [5.74, 6) is 1.10. The second-order valence-corrected chi connectivity index (χ2v) is 6.88. The van der Waals surface area contributed by atoms with Gasteiger partial charge in [-0.1, -0.05) is 12.1 Å². The molecule has 3 nitrogen and oxygen atoms in total. The molecular weight excluding hydrogens is 300 g/mol. The molecule has 1 aromatic carbocycles. The lowest BCUT2D eigenvalue weighted by Gasteiger charge is -2.07. The molecule has 0 amide bonds. The first-order valence-corrected chi connectivity index (χ1v) is 8.96. The van der Waals surface area contributed by atoms with Gasteiger partial charge in [0.05, 0.1) is 17.8 Å². The molecule has 2 aromatic rings. The van der Waals surface area contributed by atoms with Crippen LogP contribution in [0.3, 0.4) is 0 Å². The fourth-order valence-electron chi connectivity index (χ4n) is 1.98. The number of methoxy groups -OCH3 is 1. The van der Waals surface area contributed by atoms with E-state index in [2.05, 4.69) is 41.5 Å². The van der Waals surface area contributed by atoms with Gasteiger partial charge >= 0.3 is 0 Å².